The Morgan fingerprint density at radius 1 is 1.07 bits per heavy atom. The standard InChI is InChI=1S/C11H27NOSi/c1-4-7-10-13-14(5-2,6-3)11-8-9-12/h4-12H2,1-3H3. The lowest BCUT2D eigenvalue weighted by Crippen LogP contribution is -2.37. The molecule has 0 aromatic heterocycles. The molecule has 3 heteroatoms. The third-order valence-corrected chi connectivity index (χ3v) is 7.69. The number of unbranched alkanes of at least 4 members (excludes halogenated alkanes) is 1. The Morgan fingerprint density at radius 3 is 2.14 bits per heavy atom. The van der Waals surface area contributed by atoms with Gasteiger partial charge in [-0.05, 0) is 37.5 Å². The third kappa shape index (κ3) is 5.13. The molecule has 0 unspecified atom stereocenters. The molecule has 0 saturated carbocycles. The zero-order chi connectivity index (χ0) is 10.9. The zero-order valence-corrected chi connectivity index (χ0v) is 11.1. The molecule has 0 atom stereocenters. The molecule has 0 amide bonds. The molecule has 0 aromatic rings. The normalized spacial score (nSPS) is 12.0. The van der Waals surface area contributed by atoms with Gasteiger partial charge in [-0.1, -0.05) is 27.2 Å². The second-order valence-electron chi connectivity index (χ2n) is 3.98. The first-order valence-corrected chi connectivity index (χ1v) is 8.61. The summed E-state index contributed by atoms with van der Waals surface area (Å²) in [6.07, 6.45) is 3.58. The summed E-state index contributed by atoms with van der Waals surface area (Å²) in [7, 11) is -1.38. The van der Waals surface area contributed by atoms with Crippen molar-refractivity contribution in [3.05, 3.63) is 0 Å². The van der Waals surface area contributed by atoms with Gasteiger partial charge >= 0.3 is 0 Å². The van der Waals surface area contributed by atoms with Crippen molar-refractivity contribution in [2.75, 3.05) is 13.2 Å². The van der Waals surface area contributed by atoms with Crippen molar-refractivity contribution in [1.82, 2.24) is 0 Å². The summed E-state index contributed by atoms with van der Waals surface area (Å²) in [4.78, 5) is 0. The van der Waals surface area contributed by atoms with Gasteiger partial charge < -0.3 is 10.2 Å². The average Bonchev–Trinajstić information content (AvgIpc) is 2.24. The van der Waals surface area contributed by atoms with Crippen LogP contribution in [0.1, 0.15) is 40.0 Å². The average molecular weight is 217 g/mol. The number of rotatable bonds is 9. The van der Waals surface area contributed by atoms with E-state index in [1.165, 1.54) is 31.0 Å². The van der Waals surface area contributed by atoms with Crippen molar-refractivity contribution >= 4 is 8.32 Å². The second-order valence-corrected chi connectivity index (χ2v) is 8.55. The van der Waals surface area contributed by atoms with Crippen molar-refractivity contribution in [3.8, 4) is 0 Å². The van der Waals surface area contributed by atoms with Crippen LogP contribution >= 0.6 is 0 Å². The number of hydrogen-bond acceptors (Lipinski definition) is 2. The summed E-state index contributed by atoms with van der Waals surface area (Å²) in [5.41, 5.74) is 5.57. The van der Waals surface area contributed by atoms with Crippen LogP contribution in [0.15, 0.2) is 0 Å². The molecule has 0 saturated heterocycles. The van der Waals surface area contributed by atoms with Gasteiger partial charge in [-0.3, -0.25) is 0 Å². The van der Waals surface area contributed by atoms with Crippen LogP contribution in [0.3, 0.4) is 0 Å². The van der Waals surface area contributed by atoms with Crippen LogP contribution in [-0.4, -0.2) is 21.5 Å². The molecule has 0 aliphatic carbocycles. The van der Waals surface area contributed by atoms with Gasteiger partial charge in [-0.15, -0.1) is 0 Å². The highest BCUT2D eigenvalue weighted by Crippen LogP contribution is 2.23. The Balaban J connectivity index is 3.94. The summed E-state index contributed by atoms with van der Waals surface area (Å²) < 4.78 is 6.15. The molecule has 86 valence electrons. The van der Waals surface area contributed by atoms with Crippen LogP contribution in [0.4, 0.5) is 0 Å². The molecule has 0 radical (unpaired) electrons. The molecule has 0 aliphatic heterocycles. The minimum atomic E-state index is -1.38. The van der Waals surface area contributed by atoms with Crippen LogP contribution in [0.25, 0.3) is 0 Å². The molecule has 0 bridgehead atoms. The minimum Gasteiger partial charge on any atom is -0.417 e. The fourth-order valence-corrected chi connectivity index (χ4v) is 4.92. The SMILES string of the molecule is CCCCO[Si](CC)(CC)CCCN. The quantitative estimate of drug-likeness (QED) is 0.476. The maximum Gasteiger partial charge on any atom is 0.192 e. The van der Waals surface area contributed by atoms with Crippen LogP contribution in [-0.2, 0) is 4.43 Å². The fourth-order valence-electron chi connectivity index (χ4n) is 1.74. The Kier molecular flexibility index (Phi) is 8.53. The maximum absolute atomic E-state index is 6.15. The highest BCUT2D eigenvalue weighted by atomic mass is 28.4. The molecule has 2 nitrogen and oxygen atoms in total. The molecule has 14 heavy (non-hydrogen) atoms. The van der Waals surface area contributed by atoms with E-state index in [9.17, 15) is 0 Å². The van der Waals surface area contributed by atoms with Crippen molar-refractivity contribution in [2.45, 2.75) is 58.2 Å². The van der Waals surface area contributed by atoms with Gasteiger partial charge in [-0.2, -0.15) is 0 Å². The lowest BCUT2D eigenvalue weighted by Gasteiger charge is -2.29. The first-order valence-electron chi connectivity index (χ1n) is 6.08. The first-order chi connectivity index (χ1) is 6.74. The van der Waals surface area contributed by atoms with E-state index in [-0.39, 0.29) is 0 Å². The molecule has 0 aromatic carbocycles. The van der Waals surface area contributed by atoms with Gasteiger partial charge in [0.05, 0.1) is 0 Å². The van der Waals surface area contributed by atoms with Crippen LogP contribution < -0.4 is 5.73 Å². The highest BCUT2D eigenvalue weighted by molar-refractivity contribution is 6.73. The Morgan fingerprint density at radius 2 is 1.71 bits per heavy atom. The van der Waals surface area contributed by atoms with Gasteiger partial charge in [0.25, 0.3) is 0 Å². The van der Waals surface area contributed by atoms with Crippen LogP contribution in [0.5, 0.6) is 0 Å². The monoisotopic (exact) mass is 217 g/mol. The molecular weight excluding hydrogens is 190 g/mol. The third-order valence-electron chi connectivity index (χ3n) is 3.03. The van der Waals surface area contributed by atoms with Gasteiger partial charge in [0.2, 0.25) is 0 Å². The van der Waals surface area contributed by atoms with Crippen molar-refractivity contribution in [1.29, 1.82) is 0 Å². The molecule has 2 N–H and O–H groups in total. The van der Waals surface area contributed by atoms with E-state index in [1.807, 2.05) is 0 Å². The van der Waals surface area contributed by atoms with Gasteiger partial charge in [0.15, 0.2) is 8.32 Å². The fraction of sp³-hybridized carbons (Fsp3) is 1.00. The predicted molar refractivity (Wildman–Crippen MR) is 66.1 cm³/mol. The summed E-state index contributed by atoms with van der Waals surface area (Å²) >= 11 is 0. The zero-order valence-electron chi connectivity index (χ0n) is 10.1. The highest BCUT2D eigenvalue weighted by Gasteiger charge is 2.29. The smallest absolute Gasteiger partial charge is 0.192 e. The van der Waals surface area contributed by atoms with Crippen molar-refractivity contribution in [2.24, 2.45) is 5.73 Å². The molecule has 0 aliphatic rings. The maximum atomic E-state index is 6.15. The molecular formula is C11H27NOSi. The Hall–Kier alpha value is 0.137. The van der Waals surface area contributed by atoms with Gasteiger partial charge in [-0.25, -0.2) is 0 Å². The Bertz CT molecular complexity index is 126. The molecule has 0 fully saturated rings. The number of nitrogens with two attached hydrogens (primary N) is 1. The number of hydrogen-bond donors (Lipinski definition) is 1. The molecule has 0 rings (SSSR count). The van der Waals surface area contributed by atoms with E-state index >= 15 is 0 Å². The first kappa shape index (κ1) is 14.1. The topological polar surface area (TPSA) is 35.2 Å². The largest absolute Gasteiger partial charge is 0.417 e. The van der Waals surface area contributed by atoms with E-state index < -0.39 is 8.32 Å². The summed E-state index contributed by atoms with van der Waals surface area (Å²) in [6, 6.07) is 3.74. The lowest BCUT2D eigenvalue weighted by atomic mass is 10.4. The van der Waals surface area contributed by atoms with E-state index in [0.29, 0.717) is 0 Å². The van der Waals surface area contributed by atoms with Crippen molar-refractivity contribution < 1.29 is 4.43 Å². The van der Waals surface area contributed by atoms with Gasteiger partial charge in [0, 0.05) is 6.61 Å². The lowest BCUT2D eigenvalue weighted by molar-refractivity contribution is 0.290. The van der Waals surface area contributed by atoms with Crippen LogP contribution in [0.2, 0.25) is 18.1 Å². The second kappa shape index (κ2) is 8.45. The minimum absolute atomic E-state index is 0.811. The Labute approximate surface area is 90.3 Å². The molecule has 0 heterocycles. The van der Waals surface area contributed by atoms with E-state index in [1.54, 1.807) is 0 Å². The molecule has 0 spiro atoms. The summed E-state index contributed by atoms with van der Waals surface area (Å²) in [5, 5.41) is 0. The van der Waals surface area contributed by atoms with E-state index in [2.05, 4.69) is 20.8 Å². The summed E-state index contributed by atoms with van der Waals surface area (Å²) in [5.74, 6) is 0. The van der Waals surface area contributed by atoms with Crippen molar-refractivity contribution in [3.63, 3.8) is 0 Å². The van der Waals surface area contributed by atoms with E-state index in [0.717, 1.165) is 19.6 Å². The van der Waals surface area contributed by atoms with E-state index in [4.69, 9.17) is 10.2 Å². The predicted octanol–water partition coefficient (Wildman–Crippen LogP) is 3.14. The summed E-state index contributed by atoms with van der Waals surface area (Å²) in [6.45, 7) is 8.54. The van der Waals surface area contributed by atoms with Crippen LogP contribution in [0, 0.1) is 0 Å². The van der Waals surface area contributed by atoms with Gasteiger partial charge in [0.1, 0.15) is 0 Å².